The van der Waals surface area contributed by atoms with Crippen LogP contribution in [0.3, 0.4) is 0 Å². The maximum Gasteiger partial charge on any atom is 0.256 e. The van der Waals surface area contributed by atoms with Crippen LogP contribution in [0.2, 0.25) is 0 Å². The molecule has 5 heteroatoms. The number of carbonyl (C=O) groups excluding carboxylic acids is 1. The molecule has 0 atom stereocenters. The Labute approximate surface area is 120 Å². The fourth-order valence-corrected chi connectivity index (χ4v) is 1.94. The number of aromatic nitrogens is 1. The van der Waals surface area contributed by atoms with Crippen LogP contribution < -0.4 is 10.2 Å². The van der Waals surface area contributed by atoms with Crippen LogP contribution in [0.1, 0.15) is 10.4 Å². The SMILES string of the molecule is CN(C)c1cccc(C(=O)Nc2cccc(Br)n2)c1. The first-order chi connectivity index (χ1) is 9.06. The Kier molecular flexibility index (Phi) is 4.16. The van der Waals surface area contributed by atoms with Gasteiger partial charge in [0.05, 0.1) is 0 Å². The first kappa shape index (κ1) is 13.5. The average Bonchev–Trinajstić information content (AvgIpc) is 2.39. The van der Waals surface area contributed by atoms with E-state index in [-0.39, 0.29) is 5.91 Å². The van der Waals surface area contributed by atoms with Crippen LogP contribution in [-0.2, 0) is 0 Å². The van der Waals surface area contributed by atoms with Crippen molar-refractivity contribution in [2.24, 2.45) is 0 Å². The summed E-state index contributed by atoms with van der Waals surface area (Å²) in [6.07, 6.45) is 0. The summed E-state index contributed by atoms with van der Waals surface area (Å²) in [6.45, 7) is 0. The van der Waals surface area contributed by atoms with Gasteiger partial charge in [0.25, 0.3) is 5.91 Å². The van der Waals surface area contributed by atoms with E-state index >= 15 is 0 Å². The first-order valence-electron chi connectivity index (χ1n) is 5.77. The van der Waals surface area contributed by atoms with E-state index in [0.29, 0.717) is 16.0 Å². The molecule has 1 heterocycles. The van der Waals surface area contributed by atoms with Crippen molar-refractivity contribution in [1.82, 2.24) is 4.98 Å². The Morgan fingerprint density at radius 1 is 1.21 bits per heavy atom. The predicted octanol–water partition coefficient (Wildman–Crippen LogP) is 3.16. The molecule has 0 aliphatic heterocycles. The van der Waals surface area contributed by atoms with Gasteiger partial charge in [-0.2, -0.15) is 0 Å². The van der Waals surface area contributed by atoms with E-state index in [9.17, 15) is 4.79 Å². The molecule has 0 saturated heterocycles. The van der Waals surface area contributed by atoms with E-state index < -0.39 is 0 Å². The quantitative estimate of drug-likeness (QED) is 0.884. The molecule has 1 aromatic heterocycles. The molecule has 1 amide bonds. The zero-order valence-electron chi connectivity index (χ0n) is 10.7. The smallest absolute Gasteiger partial charge is 0.256 e. The second kappa shape index (κ2) is 5.84. The second-order valence-electron chi connectivity index (χ2n) is 4.24. The summed E-state index contributed by atoms with van der Waals surface area (Å²) in [5.74, 6) is 0.351. The van der Waals surface area contributed by atoms with Crippen LogP contribution in [0.15, 0.2) is 47.1 Å². The van der Waals surface area contributed by atoms with Gasteiger partial charge in [-0.05, 0) is 46.3 Å². The third kappa shape index (κ3) is 3.54. The highest BCUT2D eigenvalue weighted by Crippen LogP contribution is 2.15. The Morgan fingerprint density at radius 2 is 1.95 bits per heavy atom. The topological polar surface area (TPSA) is 45.2 Å². The van der Waals surface area contributed by atoms with E-state index in [2.05, 4.69) is 26.2 Å². The van der Waals surface area contributed by atoms with Crippen molar-refractivity contribution in [2.75, 3.05) is 24.3 Å². The summed E-state index contributed by atoms with van der Waals surface area (Å²) in [6, 6.07) is 12.8. The lowest BCUT2D eigenvalue weighted by molar-refractivity contribution is 0.102. The van der Waals surface area contributed by atoms with E-state index in [1.54, 1.807) is 12.1 Å². The highest BCUT2D eigenvalue weighted by molar-refractivity contribution is 9.10. The molecule has 2 rings (SSSR count). The highest BCUT2D eigenvalue weighted by Gasteiger charge is 2.08. The molecule has 0 aliphatic rings. The van der Waals surface area contributed by atoms with Crippen LogP contribution in [-0.4, -0.2) is 25.0 Å². The van der Waals surface area contributed by atoms with Gasteiger partial charge in [0.2, 0.25) is 0 Å². The molecule has 0 fully saturated rings. The Hall–Kier alpha value is -1.88. The second-order valence-corrected chi connectivity index (χ2v) is 5.06. The molecule has 98 valence electrons. The molecule has 2 aromatic rings. The number of benzene rings is 1. The third-order valence-electron chi connectivity index (χ3n) is 2.58. The molecule has 0 spiro atoms. The first-order valence-corrected chi connectivity index (χ1v) is 6.57. The van der Waals surface area contributed by atoms with Gasteiger partial charge >= 0.3 is 0 Å². The molecular formula is C14H14BrN3O. The van der Waals surface area contributed by atoms with Gasteiger partial charge < -0.3 is 10.2 Å². The number of amides is 1. The van der Waals surface area contributed by atoms with Crippen LogP contribution in [0, 0.1) is 0 Å². The summed E-state index contributed by atoms with van der Waals surface area (Å²) in [4.78, 5) is 18.2. The van der Waals surface area contributed by atoms with Crippen LogP contribution in [0.5, 0.6) is 0 Å². The van der Waals surface area contributed by atoms with E-state index in [4.69, 9.17) is 0 Å². The number of hydrogen-bond acceptors (Lipinski definition) is 3. The lowest BCUT2D eigenvalue weighted by Crippen LogP contribution is -2.14. The number of nitrogens with one attached hydrogen (secondary N) is 1. The molecular weight excluding hydrogens is 306 g/mol. The van der Waals surface area contributed by atoms with Crippen molar-refractivity contribution in [1.29, 1.82) is 0 Å². The summed E-state index contributed by atoms with van der Waals surface area (Å²) in [5.41, 5.74) is 1.59. The number of anilines is 2. The van der Waals surface area contributed by atoms with Crippen LogP contribution in [0.25, 0.3) is 0 Å². The van der Waals surface area contributed by atoms with Crippen molar-refractivity contribution in [3.8, 4) is 0 Å². The molecule has 4 nitrogen and oxygen atoms in total. The molecule has 19 heavy (non-hydrogen) atoms. The fourth-order valence-electron chi connectivity index (χ4n) is 1.59. The van der Waals surface area contributed by atoms with Gasteiger partial charge in [0.15, 0.2) is 0 Å². The normalized spacial score (nSPS) is 10.1. The minimum absolute atomic E-state index is 0.172. The van der Waals surface area contributed by atoms with Crippen LogP contribution in [0.4, 0.5) is 11.5 Å². The number of carbonyl (C=O) groups is 1. The van der Waals surface area contributed by atoms with Gasteiger partial charge in [0, 0.05) is 25.3 Å². The average molecular weight is 320 g/mol. The largest absolute Gasteiger partial charge is 0.378 e. The fraction of sp³-hybridized carbons (Fsp3) is 0.143. The molecule has 1 N–H and O–H groups in total. The molecule has 1 aromatic carbocycles. The van der Waals surface area contributed by atoms with Crippen LogP contribution >= 0.6 is 15.9 Å². The number of hydrogen-bond donors (Lipinski definition) is 1. The summed E-state index contributed by atoms with van der Waals surface area (Å²) in [7, 11) is 3.87. The van der Waals surface area contributed by atoms with E-state index in [1.165, 1.54) is 0 Å². The van der Waals surface area contributed by atoms with Crippen molar-refractivity contribution >= 4 is 33.3 Å². The standard InChI is InChI=1S/C14H14BrN3O/c1-18(2)11-6-3-5-10(9-11)14(19)17-13-8-4-7-12(15)16-13/h3-9H,1-2H3,(H,16,17,19). The zero-order valence-corrected chi connectivity index (χ0v) is 12.3. The summed E-state index contributed by atoms with van der Waals surface area (Å²) >= 11 is 3.27. The number of nitrogens with zero attached hydrogens (tertiary/aromatic N) is 2. The van der Waals surface area contributed by atoms with E-state index in [1.807, 2.05) is 49.3 Å². The van der Waals surface area contributed by atoms with Gasteiger partial charge in [-0.15, -0.1) is 0 Å². The number of halogens is 1. The van der Waals surface area contributed by atoms with Crippen molar-refractivity contribution in [2.45, 2.75) is 0 Å². The molecule has 0 saturated carbocycles. The lowest BCUT2D eigenvalue weighted by Gasteiger charge is -2.13. The Morgan fingerprint density at radius 3 is 2.63 bits per heavy atom. The molecule has 0 unspecified atom stereocenters. The third-order valence-corrected chi connectivity index (χ3v) is 3.02. The molecule has 0 radical (unpaired) electrons. The minimum Gasteiger partial charge on any atom is -0.378 e. The molecule has 0 aliphatic carbocycles. The monoisotopic (exact) mass is 319 g/mol. The highest BCUT2D eigenvalue weighted by atomic mass is 79.9. The van der Waals surface area contributed by atoms with Gasteiger partial charge in [-0.1, -0.05) is 12.1 Å². The maximum absolute atomic E-state index is 12.1. The zero-order chi connectivity index (χ0) is 13.8. The summed E-state index contributed by atoms with van der Waals surface area (Å²) in [5, 5.41) is 2.77. The number of rotatable bonds is 3. The maximum atomic E-state index is 12.1. The van der Waals surface area contributed by atoms with Gasteiger partial charge in [0.1, 0.15) is 10.4 Å². The van der Waals surface area contributed by atoms with Gasteiger partial charge in [-0.25, -0.2) is 4.98 Å². The lowest BCUT2D eigenvalue weighted by atomic mass is 10.2. The minimum atomic E-state index is -0.172. The Bertz CT molecular complexity index is 599. The predicted molar refractivity (Wildman–Crippen MR) is 80.7 cm³/mol. The Balaban J connectivity index is 2.18. The van der Waals surface area contributed by atoms with Crippen molar-refractivity contribution < 1.29 is 4.79 Å². The summed E-state index contributed by atoms with van der Waals surface area (Å²) < 4.78 is 0.687. The molecule has 0 bridgehead atoms. The van der Waals surface area contributed by atoms with Crippen molar-refractivity contribution in [3.05, 3.63) is 52.6 Å². The van der Waals surface area contributed by atoms with Gasteiger partial charge in [-0.3, -0.25) is 4.79 Å². The number of pyridine rings is 1. The van der Waals surface area contributed by atoms with Crippen molar-refractivity contribution in [3.63, 3.8) is 0 Å². The van der Waals surface area contributed by atoms with E-state index in [0.717, 1.165) is 5.69 Å².